The van der Waals surface area contributed by atoms with Gasteiger partial charge in [-0.1, -0.05) is 5.16 Å². The number of hydrogen-bond donors (Lipinski definition) is 0. The van der Waals surface area contributed by atoms with E-state index >= 15 is 0 Å². The van der Waals surface area contributed by atoms with Gasteiger partial charge in [-0.15, -0.1) is 11.6 Å². The van der Waals surface area contributed by atoms with E-state index in [4.69, 9.17) is 20.9 Å². The fourth-order valence-electron chi connectivity index (χ4n) is 2.51. The van der Waals surface area contributed by atoms with Crippen molar-refractivity contribution < 1.29 is 18.8 Å². The van der Waals surface area contributed by atoms with Crippen molar-refractivity contribution in [3.63, 3.8) is 0 Å². The fraction of sp³-hybridized carbons (Fsp3) is 0.312. The first-order valence-electron chi connectivity index (χ1n) is 7.09. The van der Waals surface area contributed by atoms with Gasteiger partial charge in [0.15, 0.2) is 12.4 Å². The Labute approximate surface area is 138 Å². The van der Waals surface area contributed by atoms with Crippen molar-refractivity contribution in [2.45, 2.75) is 20.4 Å². The smallest absolute Gasteiger partial charge is 0.265 e. The first kappa shape index (κ1) is 15.6. The van der Waals surface area contributed by atoms with Crippen molar-refractivity contribution in [3.05, 3.63) is 40.8 Å². The number of rotatable bonds is 4. The molecule has 0 saturated carbocycles. The zero-order chi connectivity index (χ0) is 16.6. The molecule has 2 heterocycles. The van der Waals surface area contributed by atoms with Crippen LogP contribution in [0, 0.1) is 13.8 Å². The number of amides is 1. The van der Waals surface area contributed by atoms with Crippen LogP contribution in [0.2, 0.25) is 0 Å². The van der Waals surface area contributed by atoms with Crippen molar-refractivity contribution in [2.75, 3.05) is 17.4 Å². The van der Waals surface area contributed by atoms with Gasteiger partial charge >= 0.3 is 0 Å². The van der Waals surface area contributed by atoms with Crippen LogP contribution < -0.4 is 9.64 Å². The van der Waals surface area contributed by atoms with Crippen molar-refractivity contribution in [3.8, 4) is 5.75 Å². The van der Waals surface area contributed by atoms with Gasteiger partial charge in [0.05, 0.1) is 23.8 Å². The van der Waals surface area contributed by atoms with E-state index in [9.17, 15) is 9.59 Å². The maximum Gasteiger partial charge on any atom is 0.265 e. The van der Waals surface area contributed by atoms with E-state index in [1.807, 2.05) is 6.92 Å². The van der Waals surface area contributed by atoms with Crippen molar-refractivity contribution in [2.24, 2.45) is 0 Å². The van der Waals surface area contributed by atoms with Gasteiger partial charge in [0, 0.05) is 11.1 Å². The highest BCUT2D eigenvalue weighted by Gasteiger charge is 2.28. The molecule has 120 valence electrons. The van der Waals surface area contributed by atoms with Crippen LogP contribution in [0.3, 0.4) is 0 Å². The molecule has 0 atom stereocenters. The Hall–Kier alpha value is -2.34. The minimum absolute atomic E-state index is 0.0425. The Kier molecular flexibility index (Phi) is 4.09. The molecular weight excluding hydrogens is 320 g/mol. The van der Waals surface area contributed by atoms with Gasteiger partial charge < -0.3 is 14.2 Å². The molecule has 2 aromatic rings. The summed E-state index contributed by atoms with van der Waals surface area (Å²) < 4.78 is 10.6. The van der Waals surface area contributed by atoms with E-state index in [1.54, 1.807) is 30.0 Å². The third-order valence-corrected chi connectivity index (χ3v) is 4.09. The average molecular weight is 335 g/mol. The Bertz CT molecular complexity index is 765. The molecule has 0 N–H and O–H groups in total. The number of benzene rings is 1. The zero-order valence-electron chi connectivity index (χ0n) is 12.8. The summed E-state index contributed by atoms with van der Waals surface area (Å²) in [5.74, 6) is 0.717. The monoisotopic (exact) mass is 334 g/mol. The van der Waals surface area contributed by atoms with Gasteiger partial charge in [0.2, 0.25) is 0 Å². The SMILES string of the molecule is Cc1noc(C)c1CN1C(=O)COc2ccc(C(=O)CCl)cc21. The number of fused-ring (bicyclic) bond motifs is 1. The van der Waals surface area contributed by atoms with E-state index in [2.05, 4.69) is 5.16 Å². The second-order valence-electron chi connectivity index (χ2n) is 5.31. The average Bonchev–Trinajstić information content (AvgIpc) is 2.87. The molecule has 0 spiro atoms. The summed E-state index contributed by atoms with van der Waals surface area (Å²) >= 11 is 5.61. The number of Topliss-reactive ketones (excluding diaryl/α,β-unsaturated/α-hetero) is 1. The van der Waals surface area contributed by atoms with Crippen LogP contribution in [-0.2, 0) is 11.3 Å². The predicted octanol–water partition coefficient (Wildman–Crippen LogP) is 2.64. The topological polar surface area (TPSA) is 72.6 Å². The van der Waals surface area contributed by atoms with Crippen molar-refractivity contribution >= 4 is 29.0 Å². The number of alkyl halides is 1. The fourth-order valence-corrected chi connectivity index (χ4v) is 2.67. The summed E-state index contributed by atoms with van der Waals surface area (Å²) in [5.41, 5.74) is 2.58. The summed E-state index contributed by atoms with van der Waals surface area (Å²) in [4.78, 5) is 25.7. The molecule has 7 heteroatoms. The van der Waals surface area contributed by atoms with E-state index < -0.39 is 0 Å². The molecule has 0 bridgehead atoms. The number of hydrogen-bond acceptors (Lipinski definition) is 5. The quantitative estimate of drug-likeness (QED) is 0.635. The maximum atomic E-state index is 12.3. The van der Waals surface area contributed by atoms with Gasteiger partial charge in [-0.2, -0.15) is 0 Å². The second kappa shape index (κ2) is 6.04. The van der Waals surface area contributed by atoms with E-state index in [1.165, 1.54) is 0 Å². The molecule has 1 aliphatic rings. The molecular formula is C16H15ClN2O4. The normalized spacial score (nSPS) is 13.7. The number of carbonyl (C=O) groups is 2. The summed E-state index contributed by atoms with van der Waals surface area (Å²) in [6, 6.07) is 4.96. The standard InChI is InChI=1S/C16H15ClN2O4/c1-9-12(10(2)23-18-9)7-19-13-5-11(14(20)6-17)3-4-15(13)22-8-16(19)21/h3-5H,6-8H2,1-2H3. The number of nitrogens with zero attached hydrogens (tertiary/aromatic N) is 2. The highest BCUT2D eigenvalue weighted by Crippen LogP contribution is 2.34. The summed E-state index contributed by atoms with van der Waals surface area (Å²) in [5, 5.41) is 3.91. The number of aromatic nitrogens is 1. The highest BCUT2D eigenvalue weighted by atomic mass is 35.5. The predicted molar refractivity (Wildman–Crippen MR) is 84.2 cm³/mol. The minimum Gasteiger partial charge on any atom is -0.482 e. The lowest BCUT2D eigenvalue weighted by molar-refractivity contribution is -0.121. The lowest BCUT2D eigenvalue weighted by atomic mass is 10.1. The summed E-state index contributed by atoms with van der Waals surface area (Å²) in [7, 11) is 0. The molecule has 1 aromatic heterocycles. The molecule has 0 unspecified atom stereocenters. The van der Waals surface area contributed by atoms with Gasteiger partial charge in [-0.25, -0.2) is 0 Å². The molecule has 23 heavy (non-hydrogen) atoms. The van der Waals surface area contributed by atoms with E-state index in [-0.39, 0.29) is 24.2 Å². The lowest BCUT2D eigenvalue weighted by Gasteiger charge is -2.29. The Morgan fingerprint density at radius 3 is 2.83 bits per heavy atom. The van der Waals surface area contributed by atoms with Crippen LogP contribution >= 0.6 is 11.6 Å². The van der Waals surface area contributed by atoms with Crippen LogP contribution in [0.5, 0.6) is 5.75 Å². The number of halogens is 1. The summed E-state index contributed by atoms with van der Waals surface area (Å²) in [6.07, 6.45) is 0. The third kappa shape index (κ3) is 2.82. The molecule has 1 amide bonds. The molecule has 0 saturated heterocycles. The van der Waals surface area contributed by atoms with Gasteiger partial charge in [-0.3, -0.25) is 9.59 Å². The minimum atomic E-state index is -0.204. The largest absolute Gasteiger partial charge is 0.482 e. The molecule has 0 aliphatic carbocycles. The van der Waals surface area contributed by atoms with E-state index in [0.717, 1.165) is 11.3 Å². The van der Waals surface area contributed by atoms with Gasteiger partial charge in [0.25, 0.3) is 5.91 Å². The zero-order valence-corrected chi connectivity index (χ0v) is 13.5. The van der Waals surface area contributed by atoms with Crippen LogP contribution in [-0.4, -0.2) is 29.3 Å². The van der Waals surface area contributed by atoms with Crippen LogP contribution in [0.25, 0.3) is 0 Å². The molecule has 6 nitrogen and oxygen atoms in total. The van der Waals surface area contributed by atoms with Gasteiger partial charge in [-0.05, 0) is 32.0 Å². The van der Waals surface area contributed by atoms with Crippen LogP contribution in [0.1, 0.15) is 27.4 Å². The first-order chi connectivity index (χ1) is 11.0. The number of carbonyl (C=O) groups excluding carboxylic acids is 2. The maximum absolute atomic E-state index is 12.3. The number of aryl methyl sites for hydroxylation is 2. The molecule has 1 aromatic carbocycles. The number of anilines is 1. The highest BCUT2D eigenvalue weighted by molar-refractivity contribution is 6.30. The lowest BCUT2D eigenvalue weighted by Crippen LogP contribution is -2.38. The Morgan fingerprint density at radius 2 is 2.17 bits per heavy atom. The molecule has 1 aliphatic heterocycles. The first-order valence-corrected chi connectivity index (χ1v) is 7.63. The molecule has 0 fully saturated rings. The molecule has 0 radical (unpaired) electrons. The number of ether oxygens (including phenoxy) is 1. The van der Waals surface area contributed by atoms with Crippen LogP contribution in [0.15, 0.2) is 22.7 Å². The van der Waals surface area contributed by atoms with E-state index in [0.29, 0.717) is 29.3 Å². The van der Waals surface area contributed by atoms with Crippen molar-refractivity contribution in [1.29, 1.82) is 0 Å². The Balaban J connectivity index is 2.01. The van der Waals surface area contributed by atoms with Gasteiger partial charge in [0.1, 0.15) is 11.5 Å². The second-order valence-corrected chi connectivity index (χ2v) is 5.58. The molecule has 3 rings (SSSR count). The van der Waals surface area contributed by atoms with Crippen LogP contribution in [0.4, 0.5) is 5.69 Å². The number of ketones is 1. The summed E-state index contributed by atoms with van der Waals surface area (Å²) in [6.45, 7) is 3.90. The Morgan fingerprint density at radius 1 is 1.39 bits per heavy atom. The third-order valence-electron chi connectivity index (χ3n) is 3.84. The van der Waals surface area contributed by atoms with Crippen molar-refractivity contribution in [1.82, 2.24) is 5.16 Å².